The predicted octanol–water partition coefficient (Wildman–Crippen LogP) is 2.49. The molecule has 0 radical (unpaired) electrons. The Kier molecular flexibility index (Phi) is 8.30. The van der Waals surface area contributed by atoms with Crippen molar-refractivity contribution in [2.75, 3.05) is 29.1 Å². The van der Waals surface area contributed by atoms with Crippen LogP contribution in [0.4, 0.5) is 30.4 Å². The lowest BCUT2D eigenvalue weighted by molar-refractivity contribution is -0.192. The molecule has 0 bridgehead atoms. The van der Waals surface area contributed by atoms with Crippen LogP contribution in [0.1, 0.15) is 5.56 Å². The van der Waals surface area contributed by atoms with Crippen molar-refractivity contribution in [2.45, 2.75) is 25.3 Å². The van der Waals surface area contributed by atoms with Gasteiger partial charge in [0.25, 0.3) is 11.8 Å². The molecule has 13 heteroatoms. The van der Waals surface area contributed by atoms with Crippen LogP contribution in [0.15, 0.2) is 54.7 Å². The van der Waals surface area contributed by atoms with E-state index in [0.29, 0.717) is 23.7 Å². The van der Waals surface area contributed by atoms with Crippen LogP contribution in [0.25, 0.3) is 10.8 Å². The number of benzene rings is 2. The maximum absolute atomic E-state index is 12.9. The molecule has 1 fully saturated rings. The van der Waals surface area contributed by atoms with E-state index in [-0.39, 0.29) is 6.61 Å². The number of anilines is 3. The second-order valence-electron chi connectivity index (χ2n) is 7.99. The number of aliphatic hydroxyl groups excluding tert-OH is 1. The third kappa shape index (κ3) is 6.71. The van der Waals surface area contributed by atoms with Gasteiger partial charge in [-0.2, -0.15) is 13.2 Å². The molecule has 1 aliphatic rings. The highest BCUT2D eigenvalue weighted by molar-refractivity contribution is 6.04. The van der Waals surface area contributed by atoms with Gasteiger partial charge >= 0.3 is 12.1 Å². The maximum atomic E-state index is 12.9. The highest BCUT2D eigenvalue weighted by Crippen LogP contribution is 2.24. The number of aryl methyl sites for hydroxylation is 1. The number of aliphatic carboxylic acids is 1. The Balaban J connectivity index is 0.000000479. The first-order valence-corrected chi connectivity index (χ1v) is 10.8. The fraction of sp³-hybridized carbons (Fsp3) is 0.250. The van der Waals surface area contributed by atoms with Gasteiger partial charge in [0.1, 0.15) is 5.82 Å². The molecule has 0 aliphatic carbocycles. The standard InChI is InChI=1S/C22H22N4O4.C2HF3O2/c1-13-2-5-16(6-3-13)26-10-11-30-19(22(26)29)18(27)21(28)25-15-4-7-17-14(12-15)8-9-24-20(17)23;3-2(4,5)1(6)7/h2-9,12,18-19,27H,10-11H2,1H3,(H2,23,24)(H,25,28);(H,6,7). The third-order valence-corrected chi connectivity index (χ3v) is 5.33. The van der Waals surface area contributed by atoms with E-state index in [1.807, 2.05) is 31.2 Å². The summed E-state index contributed by atoms with van der Waals surface area (Å²) < 4.78 is 37.2. The van der Waals surface area contributed by atoms with Gasteiger partial charge in [-0.1, -0.05) is 17.7 Å². The molecule has 0 saturated carbocycles. The van der Waals surface area contributed by atoms with Gasteiger partial charge in [0.2, 0.25) is 0 Å². The molecule has 1 saturated heterocycles. The molecule has 196 valence electrons. The fourth-order valence-corrected chi connectivity index (χ4v) is 3.45. The van der Waals surface area contributed by atoms with E-state index < -0.39 is 36.2 Å². The number of alkyl halides is 3. The monoisotopic (exact) mass is 520 g/mol. The number of ether oxygens (including phenoxy) is 1. The van der Waals surface area contributed by atoms with Gasteiger partial charge in [-0.15, -0.1) is 0 Å². The Labute approximate surface area is 208 Å². The Morgan fingerprint density at radius 3 is 2.46 bits per heavy atom. The Bertz CT molecular complexity index is 1300. The first-order chi connectivity index (χ1) is 17.4. The van der Waals surface area contributed by atoms with Gasteiger partial charge < -0.3 is 30.9 Å². The van der Waals surface area contributed by atoms with Crippen LogP contribution in [0, 0.1) is 6.92 Å². The molecule has 0 spiro atoms. The molecule has 1 aliphatic heterocycles. The third-order valence-electron chi connectivity index (χ3n) is 5.33. The summed E-state index contributed by atoms with van der Waals surface area (Å²) in [6.45, 7) is 2.53. The molecular formula is C24H23F3N4O6. The number of carbonyl (C=O) groups excluding carboxylic acids is 2. The van der Waals surface area contributed by atoms with Crippen molar-refractivity contribution in [1.29, 1.82) is 0 Å². The number of aromatic nitrogens is 1. The topological polar surface area (TPSA) is 155 Å². The number of nitrogens with one attached hydrogen (secondary N) is 1. The van der Waals surface area contributed by atoms with E-state index in [9.17, 15) is 27.9 Å². The van der Waals surface area contributed by atoms with Crippen LogP contribution in [-0.4, -0.2) is 64.5 Å². The summed E-state index contributed by atoms with van der Waals surface area (Å²) in [5.74, 6) is -3.54. The van der Waals surface area contributed by atoms with Crippen molar-refractivity contribution in [1.82, 2.24) is 4.98 Å². The van der Waals surface area contributed by atoms with Gasteiger partial charge in [0.05, 0.1) is 6.61 Å². The average Bonchev–Trinajstić information content (AvgIpc) is 2.84. The minimum absolute atomic E-state index is 0.219. The molecule has 2 aromatic carbocycles. The van der Waals surface area contributed by atoms with Crippen LogP contribution in [-0.2, 0) is 19.1 Å². The number of amides is 2. The number of fused-ring (bicyclic) bond motifs is 1. The zero-order valence-corrected chi connectivity index (χ0v) is 19.4. The van der Waals surface area contributed by atoms with E-state index in [1.54, 1.807) is 30.5 Å². The summed E-state index contributed by atoms with van der Waals surface area (Å²) in [5, 5.41) is 21.8. The first kappa shape index (κ1) is 27.4. The molecule has 10 nitrogen and oxygen atoms in total. The fourth-order valence-electron chi connectivity index (χ4n) is 3.45. The number of aliphatic hydroxyl groups is 1. The molecule has 1 aromatic heterocycles. The molecule has 2 heterocycles. The Morgan fingerprint density at radius 1 is 1.19 bits per heavy atom. The summed E-state index contributed by atoms with van der Waals surface area (Å²) in [6.07, 6.45) is -6.43. The highest BCUT2D eigenvalue weighted by Gasteiger charge is 2.39. The number of carbonyl (C=O) groups is 3. The minimum atomic E-state index is -5.08. The number of morpholine rings is 1. The smallest absolute Gasteiger partial charge is 0.475 e. The number of hydrogen-bond acceptors (Lipinski definition) is 7. The van der Waals surface area contributed by atoms with Crippen molar-refractivity contribution < 1.29 is 42.5 Å². The van der Waals surface area contributed by atoms with Gasteiger partial charge in [0.15, 0.2) is 12.2 Å². The van der Waals surface area contributed by atoms with Crippen LogP contribution in [0.5, 0.6) is 0 Å². The Hall–Kier alpha value is -4.23. The SMILES string of the molecule is Cc1ccc(N2CCOC(C(O)C(=O)Nc3ccc4c(N)nccc4c3)C2=O)cc1.O=C(O)C(F)(F)F. The highest BCUT2D eigenvalue weighted by atomic mass is 19.4. The van der Waals surface area contributed by atoms with Crippen molar-refractivity contribution in [2.24, 2.45) is 0 Å². The van der Waals surface area contributed by atoms with Crippen LogP contribution >= 0.6 is 0 Å². The normalized spacial score (nSPS) is 16.5. The zero-order valence-electron chi connectivity index (χ0n) is 19.4. The van der Waals surface area contributed by atoms with Gasteiger partial charge in [-0.05, 0) is 48.7 Å². The molecule has 37 heavy (non-hydrogen) atoms. The summed E-state index contributed by atoms with van der Waals surface area (Å²) in [6, 6.07) is 14.4. The van der Waals surface area contributed by atoms with Crippen LogP contribution in [0.3, 0.4) is 0 Å². The maximum Gasteiger partial charge on any atom is 0.490 e. The van der Waals surface area contributed by atoms with Crippen molar-refractivity contribution >= 4 is 45.7 Å². The van der Waals surface area contributed by atoms with Crippen LogP contribution in [0.2, 0.25) is 0 Å². The number of halogens is 3. The largest absolute Gasteiger partial charge is 0.490 e. The first-order valence-electron chi connectivity index (χ1n) is 10.8. The summed E-state index contributed by atoms with van der Waals surface area (Å²) >= 11 is 0. The van der Waals surface area contributed by atoms with Gasteiger partial charge in [-0.3, -0.25) is 9.59 Å². The summed E-state index contributed by atoms with van der Waals surface area (Å²) in [4.78, 5) is 39.9. The number of nitrogens with two attached hydrogens (primary N) is 1. The lowest BCUT2D eigenvalue weighted by atomic mass is 10.1. The lowest BCUT2D eigenvalue weighted by Gasteiger charge is -2.34. The lowest BCUT2D eigenvalue weighted by Crippen LogP contribution is -2.55. The van der Waals surface area contributed by atoms with Gasteiger partial charge in [-0.25, -0.2) is 9.78 Å². The van der Waals surface area contributed by atoms with Gasteiger partial charge in [0, 0.05) is 29.5 Å². The van der Waals surface area contributed by atoms with Crippen molar-refractivity contribution in [3.63, 3.8) is 0 Å². The molecule has 2 unspecified atom stereocenters. The Morgan fingerprint density at radius 2 is 1.84 bits per heavy atom. The van der Waals surface area contributed by atoms with Crippen molar-refractivity contribution in [3.8, 4) is 0 Å². The number of nitrogens with zero attached hydrogens (tertiary/aromatic N) is 2. The number of carboxylic acid groups (broad SMARTS) is 1. The number of rotatable bonds is 4. The molecule has 3 aromatic rings. The molecular weight excluding hydrogens is 497 g/mol. The molecule has 2 atom stereocenters. The molecule has 5 N–H and O–H groups in total. The average molecular weight is 520 g/mol. The van der Waals surface area contributed by atoms with E-state index in [2.05, 4.69) is 10.3 Å². The van der Waals surface area contributed by atoms with Crippen molar-refractivity contribution in [3.05, 3.63) is 60.3 Å². The number of carboxylic acids is 1. The minimum Gasteiger partial charge on any atom is -0.475 e. The molecule has 2 amide bonds. The van der Waals surface area contributed by atoms with E-state index in [0.717, 1.165) is 16.3 Å². The summed E-state index contributed by atoms with van der Waals surface area (Å²) in [7, 11) is 0. The van der Waals surface area contributed by atoms with E-state index >= 15 is 0 Å². The van der Waals surface area contributed by atoms with Crippen LogP contribution < -0.4 is 16.0 Å². The summed E-state index contributed by atoms with van der Waals surface area (Å²) in [5.41, 5.74) is 8.08. The quantitative estimate of drug-likeness (QED) is 0.409. The second-order valence-corrected chi connectivity index (χ2v) is 7.99. The van der Waals surface area contributed by atoms with E-state index in [1.165, 1.54) is 4.90 Å². The number of pyridine rings is 1. The molecule has 4 rings (SSSR count). The zero-order chi connectivity index (χ0) is 27.3. The number of nitrogen functional groups attached to an aromatic ring is 1. The number of hydrogen-bond donors (Lipinski definition) is 4. The van der Waals surface area contributed by atoms with E-state index in [4.69, 9.17) is 20.4 Å². The second kappa shape index (κ2) is 11.2. The predicted molar refractivity (Wildman–Crippen MR) is 128 cm³/mol.